The van der Waals surface area contributed by atoms with Crippen LogP contribution in [-0.2, 0) is 23.8 Å². The molecule has 2 aromatic carbocycles. The van der Waals surface area contributed by atoms with Gasteiger partial charge in [0.25, 0.3) is 0 Å². The third-order valence-corrected chi connectivity index (χ3v) is 6.89. The number of aryl methyl sites for hydroxylation is 1. The first-order valence-electron chi connectivity index (χ1n) is 12.8. The van der Waals surface area contributed by atoms with E-state index in [9.17, 15) is 23.1 Å². The van der Waals surface area contributed by atoms with Gasteiger partial charge in [0.15, 0.2) is 0 Å². The van der Waals surface area contributed by atoms with E-state index in [1.54, 1.807) is 0 Å². The number of rotatable bonds is 9. The Morgan fingerprint density at radius 2 is 1.90 bits per heavy atom. The molecule has 0 saturated carbocycles. The summed E-state index contributed by atoms with van der Waals surface area (Å²) in [6.07, 6.45) is -2.62. The fourth-order valence-electron chi connectivity index (χ4n) is 4.87. The average Bonchev–Trinajstić information content (AvgIpc) is 3.53. The molecule has 1 fully saturated rings. The van der Waals surface area contributed by atoms with Gasteiger partial charge in [0.1, 0.15) is 17.2 Å². The Bertz CT molecular complexity index is 1480. The first kappa shape index (κ1) is 27.2. The molecule has 40 heavy (non-hydrogen) atoms. The van der Waals surface area contributed by atoms with Gasteiger partial charge in [0.05, 0.1) is 18.2 Å². The molecule has 0 aliphatic carbocycles. The number of hydrogen-bond donors (Lipinski definition) is 1. The highest BCUT2D eigenvalue weighted by Crippen LogP contribution is 2.33. The zero-order valence-corrected chi connectivity index (χ0v) is 21.6. The summed E-state index contributed by atoms with van der Waals surface area (Å²) in [5, 5.41) is 9.80. The maximum absolute atomic E-state index is 13.1. The van der Waals surface area contributed by atoms with Gasteiger partial charge in [-0.05, 0) is 55.2 Å². The van der Waals surface area contributed by atoms with Crippen LogP contribution >= 0.6 is 0 Å². The monoisotopic (exact) mass is 552 g/mol. The lowest BCUT2D eigenvalue weighted by Crippen LogP contribution is -2.25. The third kappa shape index (κ3) is 6.24. The average molecular weight is 553 g/mol. The van der Waals surface area contributed by atoms with Gasteiger partial charge >= 0.3 is 12.1 Å². The Labute approximate surface area is 228 Å². The molecule has 1 aliphatic heterocycles. The number of alkyl halides is 3. The second kappa shape index (κ2) is 11.4. The summed E-state index contributed by atoms with van der Waals surface area (Å²) in [6.45, 7) is 2.48. The maximum Gasteiger partial charge on any atom is 0.433 e. The lowest BCUT2D eigenvalue weighted by atomic mass is 9.90. The Morgan fingerprint density at radius 1 is 1.10 bits per heavy atom. The Kier molecular flexibility index (Phi) is 7.72. The first-order valence-corrected chi connectivity index (χ1v) is 12.8. The SMILES string of the molecule is Cc1oc(-c2ccccc2)nc1CCOc1cccc(C[C@H]2CN(c3nccc(C(F)(F)F)n3)C[C@H]2C(=O)O)c1. The van der Waals surface area contributed by atoms with E-state index in [4.69, 9.17) is 9.15 Å². The van der Waals surface area contributed by atoms with Crippen LogP contribution in [0.4, 0.5) is 19.1 Å². The van der Waals surface area contributed by atoms with E-state index in [0.29, 0.717) is 31.1 Å². The molecule has 0 bridgehead atoms. The van der Waals surface area contributed by atoms with E-state index in [-0.39, 0.29) is 25.0 Å². The minimum atomic E-state index is -4.61. The van der Waals surface area contributed by atoms with Gasteiger partial charge in [0, 0.05) is 31.3 Å². The Morgan fingerprint density at radius 3 is 2.65 bits per heavy atom. The number of anilines is 1. The molecule has 2 atom stereocenters. The van der Waals surface area contributed by atoms with Crippen molar-refractivity contribution in [3.8, 4) is 17.2 Å². The van der Waals surface area contributed by atoms with Crippen LogP contribution in [0.25, 0.3) is 11.5 Å². The van der Waals surface area contributed by atoms with Crippen molar-refractivity contribution in [3.05, 3.63) is 89.6 Å². The second-order valence-electron chi connectivity index (χ2n) is 9.69. The van der Waals surface area contributed by atoms with E-state index in [1.165, 1.54) is 4.90 Å². The molecule has 5 rings (SSSR count). The molecular weight excluding hydrogens is 525 g/mol. The second-order valence-corrected chi connectivity index (χ2v) is 9.69. The topological polar surface area (TPSA) is 102 Å². The van der Waals surface area contributed by atoms with Crippen LogP contribution in [0.2, 0.25) is 0 Å². The van der Waals surface area contributed by atoms with Crippen molar-refractivity contribution in [1.29, 1.82) is 0 Å². The number of nitrogens with zero attached hydrogens (tertiary/aromatic N) is 4. The predicted molar refractivity (Wildman–Crippen MR) is 140 cm³/mol. The molecule has 11 heteroatoms. The van der Waals surface area contributed by atoms with Crippen molar-refractivity contribution >= 4 is 11.9 Å². The van der Waals surface area contributed by atoms with Crippen LogP contribution in [0.1, 0.15) is 22.7 Å². The third-order valence-electron chi connectivity index (χ3n) is 6.89. The molecule has 0 unspecified atom stereocenters. The normalized spacial score (nSPS) is 17.2. The van der Waals surface area contributed by atoms with E-state index in [2.05, 4.69) is 15.0 Å². The van der Waals surface area contributed by atoms with Crippen LogP contribution in [0, 0.1) is 18.8 Å². The van der Waals surface area contributed by atoms with Crippen LogP contribution < -0.4 is 9.64 Å². The molecule has 1 saturated heterocycles. The molecule has 2 aromatic heterocycles. The maximum atomic E-state index is 13.1. The summed E-state index contributed by atoms with van der Waals surface area (Å²) >= 11 is 0. The summed E-state index contributed by atoms with van der Waals surface area (Å²) in [7, 11) is 0. The van der Waals surface area contributed by atoms with E-state index >= 15 is 0 Å². The highest BCUT2D eigenvalue weighted by Gasteiger charge is 2.40. The number of ether oxygens (including phenoxy) is 1. The van der Waals surface area contributed by atoms with Gasteiger partial charge in [-0.15, -0.1) is 0 Å². The lowest BCUT2D eigenvalue weighted by Gasteiger charge is -2.17. The number of carboxylic acids is 1. The molecule has 4 aromatic rings. The largest absolute Gasteiger partial charge is 0.493 e. The Balaban J connectivity index is 1.22. The number of halogens is 3. The predicted octanol–water partition coefficient (Wildman–Crippen LogP) is 5.46. The molecule has 3 heterocycles. The van der Waals surface area contributed by atoms with Gasteiger partial charge in [0.2, 0.25) is 11.8 Å². The number of aliphatic carboxylic acids is 1. The number of hydrogen-bond acceptors (Lipinski definition) is 7. The van der Waals surface area contributed by atoms with Crippen molar-refractivity contribution in [2.45, 2.75) is 25.9 Å². The van der Waals surface area contributed by atoms with Crippen molar-refractivity contribution in [1.82, 2.24) is 15.0 Å². The van der Waals surface area contributed by atoms with Crippen LogP contribution in [0.15, 0.2) is 71.3 Å². The number of oxazole rings is 1. The van der Waals surface area contributed by atoms with Gasteiger partial charge in [-0.25, -0.2) is 15.0 Å². The smallest absolute Gasteiger partial charge is 0.433 e. The molecule has 8 nitrogen and oxygen atoms in total. The van der Waals surface area contributed by atoms with Crippen molar-refractivity contribution in [3.63, 3.8) is 0 Å². The molecule has 0 amide bonds. The van der Waals surface area contributed by atoms with E-state index in [1.807, 2.05) is 61.5 Å². The zero-order valence-electron chi connectivity index (χ0n) is 21.6. The molecule has 0 radical (unpaired) electrons. The minimum Gasteiger partial charge on any atom is -0.493 e. The van der Waals surface area contributed by atoms with Gasteiger partial charge in [-0.3, -0.25) is 4.79 Å². The number of carbonyl (C=O) groups is 1. The fourth-order valence-corrected chi connectivity index (χ4v) is 4.87. The van der Waals surface area contributed by atoms with Crippen LogP contribution in [0.5, 0.6) is 5.75 Å². The summed E-state index contributed by atoms with van der Waals surface area (Å²) < 4.78 is 51.1. The highest BCUT2D eigenvalue weighted by molar-refractivity contribution is 5.72. The lowest BCUT2D eigenvalue weighted by molar-refractivity contribution is -0.142. The Hall–Kier alpha value is -4.41. The number of carboxylic acid groups (broad SMARTS) is 1. The summed E-state index contributed by atoms with van der Waals surface area (Å²) in [5.41, 5.74) is 1.51. The molecule has 0 spiro atoms. The summed E-state index contributed by atoms with van der Waals surface area (Å²) in [6, 6.07) is 17.8. The van der Waals surface area contributed by atoms with Crippen molar-refractivity contribution in [2.75, 3.05) is 24.6 Å². The summed E-state index contributed by atoms with van der Waals surface area (Å²) in [5.74, 6) is -0.346. The van der Waals surface area contributed by atoms with Gasteiger partial charge < -0.3 is 19.2 Å². The summed E-state index contributed by atoms with van der Waals surface area (Å²) in [4.78, 5) is 25.7. The molecule has 1 aliphatic rings. The van der Waals surface area contributed by atoms with Gasteiger partial charge in [-0.1, -0.05) is 30.3 Å². The van der Waals surface area contributed by atoms with Crippen molar-refractivity contribution in [2.24, 2.45) is 11.8 Å². The zero-order chi connectivity index (χ0) is 28.3. The molecular formula is C29H27F3N4O4. The van der Waals surface area contributed by atoms with Crippen LogP contribution in [0.3, 0.4) is 0 Å². The minimum absolute atomic E-state index is 0.0273. The standard InChI is InChI=1S/C29H27F3N4O4/c1-18-24(34-26(40-18)20-7-3-2-4-8-20)11-13-39-22-9-5-6-19(15-22)14-21-16-36(17-23(21)27(37)38)28-33-12-10-25(35-28)29(30,31)32/h2-10,12,15,21,23H,11,13-14,16-17H2,1H3,(H,37,38)/t21-,23+/m0/s1. The van der Waals surface area contributed by atoms with E-state index < -0.39 is 23.8 Å². The number of benzene rings is 2. The van der Waals surface area contributed by atoms with Crippen molar-refractivity contribution < 1.29 is 32.2 Å². The molecule has 1 N–H and O–H groups in total. The first-order chi connectivity index (χ1) is 19.2. The molecule has 208 valence electrons. The van der Waals surface area contributed by atoms with Gasteiger partial charge in [-0.2, -0.15) is 13.2 Å². The number of aromatic nitrogens is 3. The fraction of sp³-hybridized carbons (Fsp3) is 0.310. The quantitative estimate of drug-likeness (QED) is 0.292. The van der Waals surface area contributed by atoms with E-state index in [0.717, 1.165) is 34.8 Å². The highest BCUT2D eigenvalue weighted by atomic mass is 19.4. The van der Waals surface area contributed by atoms with Crippen LogP contribution in [-0.4, -0.2) is 45.7 Å².